The van der Waals surface area contributed by atoms with Gasteiger partial charge in [0.15, 0.2) is 0 Å². The van der Waals surface area contributed by atoms with E-state index in [4.69, 9.17) is 0 Å². The molecule has 15 heavy (non-hydrogen) atoms. The lowest BCUT2D eigenvalue weighted by molar-refractivity contribution is -0.126. The summed E-state index contributed by atoms with van der Waals surface area (Å²) in [6, 6.07) is 0. The fourth-order valence-electron chi connectivity index (χ4n) is 1.57. The Balaban J connectivity index is 3.82. The molecule has 0 saturated carbocycles. The van der Waals surface area contributed by atoms with Gasteiger partial charge < -0.3 is 10.6 Å². The molecule has 1 atom stereocenters. The van der Waals surface area contributed by atoms with Crippen LogP contribution in [-0.4, -0.2) is 26.0 Å². The van der Waals surface area contributed by atoms with Crippen molar-refractivity contribution in [1.29, 1.82) is 0 Å². The predicted molar refractivity (Wildman–Crippen MR) is 64.8 cm³/mol. The lowest BCUT2D eigenvalue weighted by atomic mass is 9.95. The topological polar surface area (TPSA) is 41.1 Å². The van der Waals surface area contributed by atoms with Crippen molar-refractivity contribution in [3.05, 3.63) is 0 Å². The first-order valence-electron chi connectivity index (χ1n) is 6.05. The Morgan fingerprint density at radius 2 is 1.93 bits per heavy atom. The van der Waals surface area contributed by atoms with Gasteiger partial charge in [-0.05, 0) is 19.4 Å². The number of carbonyl (C=O) groups is 1. The van der Waals surface area contributed by atoms with Crippen LogP contribution in [0.1, 0.15) is 40.0 Å². The van der Waals surface area contributed by atoms with E-state index in [1.165, 1.54) is 12.8 Å². The van der Waals surface area contributed by atoms with Crippen LogP contribution in [0.25, 0.3) is 0 Å². The summed E-state index contributed by atoms with van der Waals surface area (Å²) in [6.45, 7) is 7.93. The van der Waals surface area contributed by atoms with Crippen LogP contribution in [0.4, 0.5) is 0 Å². The molecule has 0 aromatic heterocycles. The van der Waals surface area contributed by atoms with Gasteiger partial charge in [0.05, 0.1) is 5.92 Å². The van der Waals surface area contributed by atoms with E-state index >= 15 is 0 Å². The van der Waals surface area contributed by atoms with Crippen LogP contribution < -0.4 is 10.6 Å². The summed E-state index contributed by atoms with van der Waals surface area (Å²) >= 11 is 0. The number of carbonyl (C=O) groups excluding carboxylic acids is 1. The molecule has 3 heteroatoms. The Kier molecular flexibility index (Phi) is 8.38. The molecule has 0 saturated heterocycles. The van der Waals surface area contributed by atoms with E-state index in [-0.39, 0.29) is 11.8 Å². The highest BCUT2D eigenvalue weighted by Gasteiger charge is 2.20. The van der Waals surface area contributed by atoms with Crippen LogP contribution in [0.3, 0.4) is 0 Å². The average molecular weight is 214 g/mol. The van der Waals surface area contributed by atoms with Crippen LogP contribution in [0.2, 0.25) is 0 Å². The Morgan fingerprint density at radius 1 is 1.27 bits per heavy atom. The van der Waals surface area contributed by atoms with Gasteiger partial charge in [-0.1, -0.05) is 33.6 Å². The second kappa shape index (κ2) is 8.72. The average Bonchev–Trinajstić information content (AvgIpc) is 2.20. The monoisotopic (exact) mass is 214 g/mol. The molecule has 0 spiro atoms. The molecular weight excluding hydrogens is 188 g/mol. The van der Waals surface area contributed by atoms with Crippen molar-refractivity contribution in [2.24, 2.45) is 11.8 Å². The molecule has 0 radical (unpaired) electrons. The van der Waals surface area contributed by atoms with Gasteiger partial charge in [0, 0.05) is 13.1 Å². The van der Waals surface area contributed by atoms with E-state index < -0.39 is 0 Å². The van der Waals surface area contributed by atoms with Crippen LogP contribution in [0.5, 0.6) is 0 Å². The first-order valence-corrected chi connectivity index (χ1v) is 6.05. The molecule has 0 rings (SSSR count). The fraction of sp³-hybridized carbons (Fsp3) is 0.917. The summed E-state index contributed by atoms with van der Waals surface area (Å²) in [7, 11) is 1.89. The predicted octanol–water partition coefficient (Wildman–Crippen LogP) is 1.78. The smallest absolute Gasteiger partial charge is 0.224 e. The van der Waals surface area contributed by atoms with Crippen LogP contribution in [0.15, 0.2) is 0 Å². The van der Waals surface area contributed by atoms with Gasteiger partial charge in [0.1, 0.15) is 0 Å². The molecule has 0 aliphatic rings. The van der Waals surface area contributed by atoms with Crippen LogP contribution in [0, 0.1) is 11.8 Å². The molecule has 3 nitrogen and oxygen atoms in total. The molecule has 0 aliphatic carbocycles. The lowest BCUT2D eigenvalue weighted by Crippen LogP contribution is -2.39. The van der Waals surface area contributed by atoms with Crippen molar-refractivity contribution < 1.29 is 4.79 Å². The Morgan fingerprint density at radius 3 is 2.40 bits per heavy atom. The number of hydrogen-bond donors (Lipinski definition) is 2. The zero-order valence-electron chi connectivity index (χ0n) is 10.6. The van der Waals surface area contributed by atoms with Gasteiger partial charge in [-0.3, -0.25) is 4.79 Å². The lowest BCUT2D eigenvalue weighted by Gasteiger charge is -2.19. The molecule has 0 bridgehead atoms. The van der Waals surface area contributed by atoms with Gasteiger partial charge in [-0.2, -0.15) is 0 Å². The zero-order chi connectivity index (χ0) is 11.7. The third-order valence-electron chi connectivity index (χ3n) is 2.65. The number of hydrogen-bond acceptors (Lipinski definition) is 2. The van der Waals surface area contributed by atoms with E-state index in [0.29, 0.717) is 5.92 Å². The second-order valence-electron chi connectivity index (χ2n) is 4.41. The summed E-state index contributed by atoms with van der Waals surface area (Å²) in [5.41, 5.74) is 0. The Bertz CT molecular complexity index is 169. The van der Waals surface area contributed by atoms with E-state index in [1.54, 1.807) is 0 Å². The van der Waals surface area contributed by atoms with Crippen LogP contribution in [-0.2, 0) is 4.79 Å². The first kappa shape index (κ1) is 14.4. The summed E-state index contributed by atoms with van der Waals surface area (Å²) in [4.78, 5) is 11.8. The molecule has 0 aliphatic heterocycles. The van der Waals surface area contributed by atoms with E-state index in [1.807, 2.05) is 7.05 Å². The molecule has 0 heterocycles. The quantitative estimate of drug-likeness (QED) is 0.605. The van der Waals surface area contributed by atoms with Gasteiger partial charge in [-0.15, -0.1) is 0 Å². The maximum absolute atomic E-state index is 11.8. The number of rotatable bonds is 8. The minimum atomic E-state index is 0.0941. The minimum absolute atomic E-state index is 0.0941. The number of amides is 1. The van der Waals surface area contributed by atoms with Gasteiger partial charge in [0.25, 0.3) is 0 Å². The standard InChI is InChI=1S/C12H26N2O/c1-5-6-7-8-14-12(15)11(9-13-4)10(2)3/h10-11,13H,5-9H2,1-4H3,(H,14,15). The summed E-state index contributed by atoms with van der Waals surface area (Å²) in [6.07, 6.45) is 3.48. The number of nitrogens with one attached hydrogen (secondary N) is 2. The summed E-state index contributed by atoms with van der Waals surface area (Å²) in [5, 5.41) is 6.08. The third-order valence-corrected chi connectivity index (χ3v) is 2.65. The zero-order valence-corrected chi connectivity index (χ0v) is 10.6. The molecule has 0 aromatic rings. The summed E-state index contributed by atoms with van der Waals surface area (Å²) < 4.78 is 0. The highest BCUT2D eigenvalue weighted by Crippen LogP contribution is 2.09. The highest BCUT2D eigenvalue weighted by molar-refractivity contribution is 5.79. The second-order valence-corrected chi connectivity index (χ2v) is 4.41. The van der Waals surface area contributed by atoms with Crippen molar-refractivity contribution in [2.75, 3.05) is 20.1 Å². The van der Waals surface area contributed by atoms with Gasteiger partial charge in [0.2, 0.25) is 5.91 Å². The molecule has 0 aromatic carbocycles. The fourth-order valence-corrected chi connectivity index (χ4v) is 1.57. The van der Waals surface area contributed by atoms with Crippen molar-refractivity contribution in [3.8, 4) is 0 Å². The van der Waals surface area contributed by atoms with Crippen molar-refractivity contribution in [2.45, 2.75) is 40.0 Å². The largest absolute Gasteiger partial charge is 0.356 e. The molecule has 0 fully saturated rings. The highest BCUT2D eigenvalue weighted by atomic mass is 16.1. The Hall–Kier alpha value is -0.570. The normalized spacial score (nSPS) is 12.9. The van der Waals surface area contributed by atoms with Crippen LogP contribution >= 0.6 is 0 Å². The van der Waals surface area contributed by atoms with E-state index in [9.17, 15) is 4.79 Å². The maximum Gasteiger partial charge on any atom is 0.224 e. The van der Waals surface area contributed by atoms with Crippen molar-refractivity contribution in [1.82, 2.24) is 10.6 Å². The Labute approximate surface area is 94.0 Å². The van der Waals surface area contributed by atoms with Gasteiger partial charge in [-0.25, -0.2) is 0 Å². The molecule has 1 amide bonds. The van der Waals surface area contributed by atoms with E-state index in [2.05, 4.69) is 31.4 Å². The van der Waals surface area contributed by atoms with Crippen molar-refractivity contribution >= 4 is 5.91 Å². The maximum atomic E-state index is 11.8. The van der Waals surface area contributed by atoms with E-state index in [0.717, 1.165) is 19.5 Å². The molecule has 1 unspecified atom stereocenters. The summed E-state index contributed by atoms with van der Waals surface area (Å²) in [5.74, 6) is 0.677. The minimum Gasteiger partial charge on any atom is -0.356 e. The molecule has 2 N–H and O–H groups in total. The molecular formula is C12H26N2O. The number of unbranched alkanes of at least 4 members (excludes halogenated alkanes) is 2. The first-order chi connectivity index (χ1) is 7.13. The van der Waals surface area contributed by atoms with Gasteiger partial charge >= 0.3 is 0 Å². The third kappa shape index (κ3) is 6.50. The molecule has 90 valence electrons. The SMILES string of the molecule is CCCCCNC(=O)C(CNC)C(C)C. The van der Waals surface area contributed by atoms with Crippen molar-refractivity contribution in [3.63, 3.8) is 0 Å².